The molecule has 0 saturated carbocycles. The molecule has 1 unspecified atom stereocenters. The van der Waals surface area contributed by atoms with E-state index in [1.54, 1.807) is 7.11 Å². The number of rotatable bonds is 3. The quantitative estimate of drug-likeness (QED) is 0.579. The highest BCUT2D eigenvalue weighted by molar-refractivity contribution is 9.10. The summed E-state index contributed by atoms with van der Waals surface area (Å²) in [6.07, 6.45) is 0. The fourth-order valence-corrected chi connectivity index (χ4v) is 3.39. The van der Waals surface area contributed by atoms with Crippen LogP contribution in [0.1, 0.15) is 21.5 Å². The molecule has 0 saturated heterocycles. The molecule has 0 aliphatic rings. The maximum absolute atomic E-state index is 6.09. The first-order chi connectivity index (χ1) is 9.04. The Morgan fingerprint density at radius 2 is 1.89 bits per heavy atom. The Morgan fingerprint density at radius 1 is 1.16 bits per heavy atom. The molecule has 0 N–H and O–H groups in total. The summed E-state index contributed by atoms with van der Waals surface area (Å²) in [5, 5.41) is 0.702. The SMILES string of the molecule is COc1ccc(Cl)cc1C(Br)c1cccc(Br)c1C. The largest absolute Gasteiger partial charge is 0.496 e. The van der Waals surface area contributed by atoms with Crippen molar-refractivity contribution in [1.82, 2.24) is 0 Å². The lowest BCUT2D eigenvalue weighted by Gasteiger charge is -2.17. The first-order valence-electron chi connectivity index (χ1n) is 5.77. The van der Waals surface area contributed by atoms with Gasteiger partial charge in [-0.3, -0.25) is 0 Å². The zero-order chi connectivity index (χ0) is 14.0. The predicted molar refractivity (Wildman–Crippen MR) is 87.7 cm³/mol. The number of hydrogen-bond acceptors (Lipinski definition) is 1. The molecule has 0 bridgehead atoms. The van der Waals surface area contributed by atoms with Crippen molar-refractivity contribution in [3.05, 3.63) is 62.6 Å². The maximum Gasteiger partial charge on any atom is 0.123 e. The Hall–Kier alpha value is -0.510. The van der Waals surface area contributed by atoms with E-state index in [0.29, 0.717) is 5.02 Å². The fourth-order valence-electron chi connectivity index (χ4n) is 1.97. The molecule has 0 aliphatic carbocycles. The molecule has 0 heterocycles. The Bertz CT molecular complexity index is 599. The van der Waals surface area contributed by atoms with E-state index < -0.39 is 0 Å². The van der Waals surface area contributed by atoms with Crippen LogP contribution in [0, 0.1) is 6.92 Å². The second-order valence-corrected chi connectivity index (χ2v) is 6.41. The van der Waals surface area contributed by atoms with E-state index in [2.05, 4.69) is 44.8 Å². The predicted octanol–water partition coefficient (Wildman–Crippen LogP) is 5.90. The molecule has 100 valence electrons. The first-order valence-corrected chi connectivity index (χ1v) is 7.85. The minimum absolute atomic E-state index is 0.0404. The topological polar surface area (TPSA) is 9.23 Å². The van der Waals surface area contributed by atoms with Crippen molar-refractivity contribution >= 4 is 43.5 Å². The summed E-state index contributed by atoms with van der Waals surface area (Å²) in [6.45, 7) is 2.09. The molecule has 0 aromatic heterocycles. The molecule has 0 aliphatic heterocycles. The third-order valence-electron chi connectivity index (χ3n) is 3.05. The third kappa shape index (κ3) is 3.15. The van der Waals surface area contributed by atoms with E-state index in [-0.39, 0.29) is 4.83 Å². The Labute approximate surface area is 135 Å². The highest BCUT2D eigenvalue weighted by Crippen LogP contribution is 2.40. The lowest BCUT2D eigenvalue weighted by atomic mass is 10.00. The molecular weight excluding hydrogens is 391 g/mol. The maximum atomic E-state index is 6.09. The van der Waals surface area contributed by atoms with E-state index in [0.717, 1.165) is 15.8 Å². The van der Waals surface area contributed by atoms with Crippen molar-refractivity contribution in [3.8, 4) is 5.75 Å². The van der Waals surface area contributed by atoms with Gasteiger partial charge in [-0.2, -0.15) is 0 Å². The molecule has 0 amide bonds. The molecule has 0 spiro atoms. The van der Waals surface area contributed by atoms with Crippen molar-refractivity contribution in [1.29, 1.82) is 0 Å². The van der Waals surface area contributed by atoms with Gasteiger partial charge in [-0.05, 0) is 42.3 Å². The van der Waals surface area contributed by atoms with Gasteiger partial charge in [0.15, 0.2) is 0 Å². The molecule has 2 aromatic rings. The van der Waals surface area contributed by atoms with Crippen molar-refractivity contribution < 1.29 is 4.74 Å². The minimum Gasteiger partial charge on any atom is -0.496 e. The van der Waals surface area contributed by atoms with Crippen LogP contribution in [0.2, 0.25) is 5.02 Å². The molecule has 19 heavy (non-hydrogen) atoms. The summed E-state index contributed by atoms with van der Waals surface area (Å²) in [5.41, 5.74) is 3.41. The van der Waals surface area contributed by atoms with Gasteiger partial charge in [0.25, 0.3) is 0 Å². The second kappa shape index (κ2) is 6.29. The molecular formula is C15H13Br2ClO. The van der Waals surface area contributed by atoms with Gasteiger partial charge in [0, 0.05) is 15.1 Å². The van der Waals surface area contributed by atoms with Crippen molar-refractivity contribution in [2.45, 2.75) is 11.8 Å². The Balaban J connectivity index is 2.52. The molecule has 2 rings (SSSR count). The summed E-state index contributed by atoms with van der Waals surface area (Å²) in [7, 11) is 1.67. The number of methoxy groups -OCH3 is 1. The summed E-state index contributed by atoms with van der Waals surface area (Å²) in [4.78, 5) is 0.0404. The zero-order valence-electron chi connectivity index (χ0n) is 10.6. The molecule has 1 nitrogen and oxygen atoms in total. The summed E-state index contributed by atoms with van der Waals surface area (Å²) in [5.74, 6) is 0.825. The standard InChI is InChI=1S/C15H13Br2ClO/c1-9-11(4-3-5-13(9)16)15(17)12-8-10(18)6-7-14(12)19-2/h3-8,15H,1-2H3. The summed E-state index contributed by atoms with van der Waals surface area (Å²) < 4.78 is 6.51. The minimum atomic E-state index is 0.0404. The smallest absolute Gasteiger partial charge is 0.123 e. The number of alkyl halides is 1. The third-order valence-corrected chi connectivity index (χ3v) is 5.13. The number of halogens is 3. The monoisotopic (exact) mass is 402 g/mol. The van der Waals surface area contributed by atoms with E-state index >= 15 is 0 Å². The lowest BCUT2D eigenvalue weighted by Crippen LogP contribution is -1.99. The van der Waals surface area contributed by atoms with E-state index in [9.17, 15) is 0 Å². The number of ether oxygens (including phenoxy) is 1. The van der Waals surface area contributed by atoms with E-state index in [1.165, 1.54) is 11.1 Å². The molecule has 1 atom stereocenters. The highest BCUT2D eigenvalue weighted by Gasteiger charge is 2.18. The highest BCUT2D eigenvalue weighted by atomic mass is 79.9. The van der Waals surface area contributed by atoms with Crippen LogP contribution in [-0.2, 0) is 0 Å². The zero-order valence-corrected chi connectivity index (χ0v) is 14.5. The van der Waals surface area contributed by atoms with Crippen molar-refractivity contribution in [2.24, 2.45) is 0 Å². The van der Waals surface area contributed by atoms with Crippen LogP contribution >= 0.6 is 43.5 Å². The average molecular weight is 405 g/mol. The summed E-state index contributed by atoms with van der Waals surface area (Å²) in [6, 6.07) is 11.8. The summed E-state index contributed by atoms with van der Waals surface area (Å²) >= 11 is 13.4. The van der Waals surface area contributed by atoms with Gasteiger partial charge in [-0.25, -0.2) is 0 Å². The van der Waals surface area contributed by atoms with Crippen molar-refractivity contribution in [2.75, 3.05) is 7.11 Å². The van der Waals surface area contributed by atoms with Gasteiger partial charge >= 0.3 is 0 Å². The van der Waals surface area contributed by atoms with E-state index in [4.69, 9.17) is 16.3 Å². The van der Waals surface area contributed by atoms with Crippen LogP contribution in [0.4, 0.5) is 0 Å². The van der Waals surface area contributed by atoms with Gasteiger partial charge in [0.2, 0.25) is 0 Å². The van der Waals surface area contributed by atoms with Gasteiger partial charge < -0.3 is 4.74 Å². The van der Waals surface area contributed by atoms with Crippen LogP contribution in [0.25, 0.3) is 0 Å². The van der Waals surface area contributed by atoms with Gasteiger partial charge in [-0.15, -0.1) is 0 Å². The van der Waals surface area contributed by atoms with Crippen LogP contribution < -0.4 is 4.74 Å². The van der Waals surface area contributed by atoms with Crippen LogP contribution in [0.5, 0.6) is 5.75 Å². The number of benzene rings is 2. The van der Waals surface area contributed by atoms with Gasteiger partial charge in [0.1, 0.15) is 5.75 Å². The van der Waals surface area contributed by atoms with Crippen LogP contribution in [0.15, 0.2) is 40.9 Å². The molecule has 4 heteroatoms. The van der Waals surface area contributed by atoms with Gasteiger partial charge in [0.05, 0.1) is 11.9 Å². The van der Waals surface area contributed by atoms with Crippen LogP contribution in [0.3, 0.4) is 0 Å². The second-order valence-electron chi connectivity index (χ2n) is 4.20. The Kier molecular flexibility index (Phi) is 4.93. The average Bonchev–Trinajstić information content (AvgIpc) is 2.41. The van der Waals surface area contributed by atoms with Crippen molar-refractivity contribution in [3.63, 3.8) is 0 Å². The van der Waals surface area contributed by atoms with Gasteiger partial charge in [-0.1, -0.05) is 55.6 Å². The molecule has 0 radical (unpaired) electrons. The Morgan fingerprint density at radius 3 is 2.58 bits per heavy atom. The number of hydrogen-bond donors (Lipinski definition) is 0. The lowest BCUT2D eigenvalue weighted by molar-refractivity contribution is 0.410. The molecule has 0 fully saturated rings. The molecule has 2 aromatic carbocycles. The van der Waals surface area contributed by atoms with Crippen LogP contribution in [-0.4, -0.2) is 7.11 Å². The fraction of sp³-hybridized carbons (Fsp3) is 0.200. The normalized spacial score (nSPS) is 12.3. The first kappa shape index (κ1) is 14.9. The van der Waals surface area contributed by atoms with E-state index in [1.807, 2.05) is 30.3 Å².